The Morgan fingerprint density at radius 2 is 2.47 bits per heavy atom. The molecule has 0 amide bonds. The lowest BCUT2D eigenvalue weighted by molar-refractivity contribution is 0.240. The standard InChI is InChI=1S/C11H15N3S/c1-8-4-9(5-8)12-6-10-7-14-2-3-15-11(14)13-10/h2-3,7-9,12H,4-6H2,1H3. The second kappa shape index (κ2) is 3.61. The third kappa shape index (κ3) is 1.79. The van der Waals surface area contributed by atoms with Gasteiger partial charge in [-0.1, -0.05) is 6.92 Å². The molecule has 3 rings (SSSR count). The second-order valence-corrected chi connectivity index (χ2v) is 5.35. The molecule has 0 aliphatic heterocycles. The number of imidazole rings is 1. The van der Waals surface area contributed by atoms with E-state index in [0.29, 0.717) is 0 Å². The van der Waals surface area contributed by atoms with Gasteiger partial charge in [-0.15, -0.1) is 11.3 Å². The van der Waals surface area contributed by atoms with Gasteiger partial charge in [-0.25, -0.2) is 4.98 Å². The van der Waals surface area contributed by atoms with Crippen molar-refractivity contribution in [3.8, 4) is 0 Å². The average molecular weight is 221 g/mol. The summed E-state index contributed by atoms with van der Waals surface area (Å²) in [6.07, 6.45) is 6.81. The van der Waals surface area contributed by atoms with Crippen molar-refractivity contribution < 1.29 is 0 Å². The monoisotopic (exact) mass is 221 g/mol. The Bertz CT molecular complexity index is 425. The van der Waals surface area contributed by atoms with Crippen molar-refractivity contribution in [2.24, 2.45) is 5.92 Å². The van der Waals surface area contributed by atoms with Crippen molar-refractivity contribution in [3.63, 3.8) is 0 Å². The van der Waals surface area contributed by atoms with E-state index >= 15 is 0 Å². The lowest BCUT2D eigenvalue weighted by atomic mass is 9.82. The molecule has 0 radical (unpaired) electrons. The highest BCUT2D eigenvalue weighted by Crippen LogP contribution is 2.26. The molecule has 80 valence electrons. The average Bonchev–Trinajstić information content (AvgIpc) is 2.69. The van der Waals surface area contributed by atoms with Crippen LogP contribution in [-0.2, 0) is 6.54 Å². The fourth-order valence-electron chi connectivity index (χ4n) is 2.18. The van der Waals surface area contributed by atoms with E-state index in [9.17, 15) is 0 Å². The van der Waals surface area contributed by atoms with Crippen molar-refractivity contribution in [3.05, 3.63) is 23.5 Å². The lowest BCUT2D eigenvalue weighted by Gasteiger charge is -2.33. The molecule has 0 spiro atoms. The highest BCUT2D eigenvalue weighted by atomic mass is 32.1. The molecule has 1 aliphatic carbocycles. The summed E-state index contributed by atoms with van der Waals surface area (Å²) in [4.78, 5) is 5.63. The zero-order valence-electron chi connectivity index (χ0n) is 8.81. The van der Waals surface area contributed by atoms with Gasteiger partial charge in [-0.3, -0.25) is 4.40 Å². The van der Waals surface area contributed by atoms with Crippen molar-refractivity contribution in [1.29, 1.82) is 0 Å². The Morgan fingerprint density at radius 1 is 1.60 bits per heavy atom. The number of nitrogens with one attached hydrogen (secondary N) is 1. The maximum Gasteiger partial charge on any atom is 0.193 e. The first-order valence-corrected chi connectivity index (χ1v) is 6.33. The van der Waals surface area contributed by atoms with Crippen LogP contribution >= 0.6 is 11.3 Å². The summed E-state index contributed by atoms with van der Waals surface area (Å²) < 4.78 is 2.09. The van der Waals surface area contributed by atoms with Gasteiger partial charge in [0.05, 0.1) is 5.69 Å². The summed E-state index contributed by atoms with van der Waals surface area (Å²) in [6.45, 7) is 3.22. The van der Waals surface area contributed by atoms with E-state index in [2.05, 4.69) is 39.4 Å². The highest BCUT2D eigenvalue weighted by molar-refractivity contribution is 7.15. The molecular weight excluding hydrogens is 206 g/mol. The molecule has 1 N–H and O–H groups in total. The zero-order valence-corrected chi connectivity index (χ0v) is 9.63. The van der Waals surface area contributed by atoms with Crippen molar-refractivity contribution in [1.82, 2.24) is 14.7 Å². The van der Waals surface area contributed by atoms with Gasteiger partial charge in [0.15, 0.2) is 4.96 Å². The number of aromatic nitrogens is 2. The van der Waals surface area contributed by atoms with Crippen LogP contribution in [0.15, 0.2) is 17.8 Å². The molecule has 0 unspecified atom stereocenters. The molecular formula is C11H15N3S. The predicted molar refractivity (Wildman–Crippen MR) is 62.1 cm³/mol. The van der Waals surface area contributed by atoms with Crippen LogP contribution in [0.1, 0.15) is 25.5 Å². The molecule has 0 bridgehead atoms. The van der Waals surface area contributed by atoms with Gasteiger partial charge in [0.2, 0.25) is 0 Å². The molecule has 1 saturated carbocycles. The third-order valence-electron chi connectivity index (χ3n) is 3.09. The van der Waals surface area contributed by atoms with Gasteiger partial charge >= 0.3 is 0 Å². The molecule has 0 atom stereocenters. The first-order valence-electron chi connectivity index (χ1n) is 5.46. The van der Waals surface area contributed by atoms with Gasteiger partial charge in [0, 0.05) is 30.4 Å². The first-order chi connectivity index (χ1) is 7.31. The SMILES string of the molecule is CC1CC(NCc2cn3ccsc3n2)C1. The molecule has 1 aliphatic rings. The first kappa shape index (κ1) is 9.36. The maximum absolute atomic E-state index is 4.54. The Hall–Kier alpha value is -0.870. The van der Waals surface area contributed by atoms with Gasteiger partial charge in [-0.05, 0) is 18.8 Å². The molecule has 4 heteroatoms. The molecule has 0 saturated heterocycles. The van der Waals surface area contributed by atoms with E-state index in [1.54, 1.807) is 11.3 Å². The Kier molecular flexibility index (Phi) is 2.25. The highest BCUT2D eigenvalue weighted by Gasteiger charge is 2.24. The topological polar surface area (TPSA) is 29.3 Å². The van der Waals surface area contributed by atoms with Crippen LogP contribution < -0.4 is 5.32 Å². The van der Waals surface area contributed by atoms with E-state index in [1.165, 1.54) is 12.8 Å². The molecule has 2 aromatic heterocycles. The fourth-order valence-corrected chi connectivity index (χ4v) is 2.90. The van der Waals surface area contributed by atoms with Crippen LogP contribution in [0, 0.1) is 5.92 Å². The van der Waals surface area contributed by atoms with Crippen LogP contribution in [0.2, 0.25) is 0 Å². The normalized spacial score (nSPS) is 25.7. The van der Waals surface area contributed by atoms with E-state index in [-0.39, 0.29) is 0 Å². The molecule has 2 aromatic rings. The van der Waals surface area contributed by atoms with Gasteiger partial charge < -0.3 is 5.32 Å². The number of thiazole rings is 1. The van der Waals surface area contributed by atoms with E-state index in [0.717, 1.165) is 29.2 Å². The van der Waals surface area contributed by atoms with Crippen molar-refractivity contribution >= 4 is 16.3 Å². The summed E-state index contributed by atoms with van der Waals surface area (Å²) in [5.41, 5.74) is 1.15. The van der Waals surface area contributed by atoms with Crippen molar-refractivity contribution in [2.45, 2.75) is 32.4 Å². The van der Waals surface area contributed by atoms with Crippen LogP contribution in [0.5, 0.6) is 0 Å². The minimum absolute atomic E-state index is 0.722. The van der Waals surface area contributed by atoms with E-state index in [1.807, 2.05) is 0 Å². The minimum atomic E-state index is 0.722. The van der Waals surface area contributed by atoms with Crippen LogP contribution in [-0.4, -0.2) is 15.4 Å². The molecule has 15 heavy (non-hydrogen) atoms. The predicted octanol–water partition coefficient (Wildman–Crippen LogP) is 2.28. The summed E-state index contributed by atoms with van der Waals surface area (Å²) in [5.74, 6) is 0.910. The fraction of sp³-hybridized carbons (Fsp3) is 0.545. The number of nitrogens with zero attached hydrogens (tertiary/aromatic N) is 2. The summed E-state index contributed by atoms with van der Waals surface area (Å²) >= 11 is 1.69. The Labute approximate surface area is 93.1 Å². The van der Waals surface area contributed by atoms with Crippen molar-refractivity contribution in [2.75, 3.05) is 0 Å². The molecule has 1 fully saturated rings. The van der Waals surface area contributed by atoms with Crippen LogP contribution in [0.4, 0.5) is 0 Å². The van der Waals surface area contributed by atoms with Gasteiger partial charge in [0.1, 0.15) is 0 Å². The number of hydrogen-bond acceptors (Lipinski definition) is 3. The third-order valence-corrected chi connectivity index (χ3v) is 3.86. The lowest BCUT2D eigenvalue weighted by Crippen LogP contribution is -2.39. The number of rotatable bonds is 3. The Balaban J connectivity index is 1.61. The molecule has 2 heterocycles. The largest absolute Gasteiger partial charge is 0.308 e. The smallest absolute Gasteiger partial charge is 0.193 e. The van der Waals surface area contributed by atoms with Crippen LogP contribution in [0.25, 0.3) is 4.96 Å². The quantitative estimate of drug-likeness (QED) is 0.861. The number of fused-ring (bicyclic) bond motifs is 1. The maximum atomic E-state index is 4.54. The molecule has 3 nitrogen and oxygen atoms in total. The number of hydrogen-bond donors (Lipinski definition) is 1. The van der Waals surface area contributed by atoms with E-state index in [4.69, 9.17) is 0 Å². The van der Waals surface area contributed by atoms with Gasteiger partial charge in [0.25, 0.3) is 0 Å². The van der Waals surface area contributed by atoms with Gasteiger partial charge in [-0.2, -0.15) is 0 Å². The Morgan fingerprint density at radius 3 is 3.20 bits per heavy atom. The van der Waals surface area contributed by atoms with Crippen LogP contribution in [0.3, 0.4) is 0 Å². The molecule has 0 aromatic carbocycles. The second-order valence-electron chi connectivity index (χ2n) is 4.48. The van der Waals surface area contributed by atoms with E-state index < -0.39 is 0 Å². The summed E-state index contributed by atoms with van der Waals surface area (Å²) in [5, 5.41) is 5.61. The summed E-state index contributed by atoms with van der Waals surface area (Å²) in [7, 11) is 0. The summed E-state index contributed by atoms with van der Waals surface area (Å²) in [6, 6.07) is 0.722. The minimum Gasteiger partial charge on any atom is -0.308 e. The zero-order chi connectivity index (χ0) is 10.3.